The van der Waals surface area contributed by atoms with Crippen molar-refractivity contribution in [3.05, 3.63) is 55.1 Å². The average Bonchev–Trinajstić information content (AvgIpc) is 2.55. The first-order valence-corrected chi connectivity index (χ1v) is 10.6. The van der Waals surface area contributed by atoms with Gasteiger partial charge in [-0.2, -0.15) is 0 Å². The van der Waals surface area contributed by atoms with Crippen molar-refractivity contribution in [2.75, 3.05) is 0 Å². The molecule has 28 heavy (non-hydrogen) atoms. The van der Waals surface area contributed by atoms with Crippen LogP contribution in [0, 0.1) is 10.1 Å². The van der Waals surface area contributed by atoms with Gasteiger partial charge in [0.05, 0.1) is 26.2 Å². The van der Waals surface area contributed by atoms with Gasteiger partial charge in [0.2, 0.25) is 10.0 Å². The number of nitrogens with two attached hydrogens (primary N) is 1. The fourth-order valence-electron chi connectivity index (χ4n) is 2.86. The molecule has 0 aliphatic carbocycles. The Labute approximate surface area is 154 Å². The van der Waals surface area contributed by atoms with E-state index >= 15 is 0 Å². The number of nitro benzene ring substituents is 1. The number of H-pyrrole nitrogens is 1. The van der Waals surface area contributed by atoms with Crippen molar-refractivity contribution in [3.8, 4) is 0 Å². The van der Waals surface area contributed by atoms with E-state index in [0.29, 0.717) is 4.57 Å². The molecule has 0 fully saturated rings. The van der Waals surface area contributed by atoms with Gasteiger partial charge in [-0.1, -0.05) is 12.1 Å². The van der Waals surface area contributed by atoms with Crippen LogP contribution in [0.15, 0.2) is 38.8 Å². The maximum absolute atomic E-state index is 12.1. The minimum absolute atomic E-state index is 0.146. The Morgan fingerprint density at radius 3 is 2.46 bits per heavy atom. The van der Waals surface area contributed by atoms with E-state index in [2.05, 4.69) is 4.98 Å². The molecule has 0 aliphatic heterocycles. The van der Waals surface area contributed by atoms with E-state index in [1.165, 1.54) is 12.1 Å². The van der Waals surface area contributed by atoms with Crippen LogP contribution in [0.1, 0.15) is 0 Å². The van der Waals surface area contributed by atoms with Crippen molar-refractivity contribution in [3.63, 3.8) is 0 Å². The van der Waals surface area contributed by atoms with Crippen molar-refractivity contribution in [2.45, 2.75) is 11.2 Å². The van der Waals surface area contributed by atoms with Gasteiger partial charge in [-0.15, -0.1) is 0 Å². The minimum atomic E-state index is -4.85. The topological polar surface area (TPSA) is 216 Å². The molecule has 13 nitrogen and oxygen atoms in total. The molecule has 0 atom stereocenters. The van der Waals surface area contributed by atoms with Crippen molar-refractivity contribution >= 4 is 45.1 Å². The van der Waals surface area contributed by atoms with Crippen LogP contribution in [0.25, 0.3) is 21.8 Å². The van der Waals surface area contributed by atoms with Crippen molar-refractivity contribution < 1.29 is 27.7 Å². The number of hydrogen-bond donors (Lipinski definition) is 4. The van der Waals surface area contributed by atoms with Crippen molar-refractivity contribution in [2.24, 2.45) is 5.14 Å². The fraction of sp³-hybridized carbons (Fsp3) is 0.0769. The second kappa shape index (κ2) is 6.32. The Kier molecular flexibility index (Phi) is 4.48. The van der Waals surface area contributed by atoms with Crippen molar-refractivity contribution in [1.82, 2.24) is 9.55 Å². The molecule has 1 heterocycles. The quantitative estimate of drug-likeness (QED) is 0.138. The summed E-state index contributed by atoms with van der Waals surface area (Å²) in [5, 5.41) is 16.1. The van der Waals surface area contributed by atoms with Gasteiger partial charge in [0.1, 0.15) is 6.29 Å². The SMILES string of the molecule is NS(=O)(=O)c1cccc2c1c([N+](=O)[O-])cc1c2[nH]c(=O)c(=O)n1CP(=O)(O)O. The Morgan fingerprint density at radius 1 is 1.29 bits per heavy atom. The molecule has 15 heteroatoms. The highest BCUT2D eigenvalue weighted by atomic mass is 32.2. The lowest BCUT2D eigenvalue weighted by atomic mass is 10.1. The first kappa shape index (κ1) is 19.9. The summed E-state index contributed by atoms with van der Waals surface area (Å²) < 4.78 is 35.5. The van der Waals surface area contributed by atoms with Gasteiger partial charge in [-0.05, 0) is 6.07 Å². The molecule has 0 spiro atoms. The van der Waals surface area contributed by atoms with E-state index in [4.69, 9.17) is 5.14 Å². The molecule has 1 aromatic heterocycles. The molecule has 0 amide bonds. The molecule has 3 aromatic rings. The van der Waals surface area contributed by atoms with E-state index < -0.39 is 55.9 Å². The summed E-state index contributed by atoms with van der Waals surface area (Å²) in [7, 11) is -9.25. The lowest BCUT2D eigenvalue weighted by Gasteiger charge is -2.13. The van der Waals surface area contributed by atoms with E-state index in [1.54, 1.807) is 0 Å². The van der Waals surface area contributed by atoms with E-state index in [0.717, 1.165) is 12.1 Å². The highest BCUT2D eigenvalue weighted by molar-refractivity contribution is 7.89. The number of nitro groups is 1. The number of sulfonamides is 1. The monoisotopic (exact) mass is 430 g/mol. The van der Waals surface area contributed by atoms with Gasteiger partial charge in [0, 0.05) is 11.5 Å². The lowest BCUT2D eigenvalue weighted by Crippen LogP contribution is -2.36. The summed E-state index contributed by atoms with van der Waals surface area (Å²) in [5.41, 5.74) is -3.95. The third-order valence-electron chi connectivity index (χ3n) is 3.88. The zero-order valence-electron chi connectivity index (χ0n) is 13.6. The van der Waals surface area contributed by atoms with Crippen LogP contribution in [-0.2, 0) is 20.9 Å². The maximum Gasteiger partial charge on any atom is 0.345 e. The number of fused-ring (bicyclic) bond motifs is 3. The Bertz CT molecular complexity index is 1430. The molecule has 148 valence electrons. The van der Waals surface area contributed by atoms with Crippen LogP contribution in [0.2, 0.25) is 0 Å². The summed E-state index contributed by atoms with van der Waals surface area (Å²) in [6.07, 6.45) is -1.20. The Hall–Kier alpha value is -2.90. The third-order valence-corrected chi connectivity index (χ3v) is 5.48. The standard InChI is InChI=1S/C13H11N4O9PS/c14-28(25,26)9-3-1-2-6-10(9)7(17(20)21)4-8-11(6)15-12(18)13(19)16(8)5-27(22,23)24/h1-4H,5H2,(H,15,18)(H2,14,25,26)(H2,22,23,24). The zero-order chi connectivity index (χ0) is 21.0. The molecule has 0 unspecified atom stereocenters. The average molecular weight is 430 g/mol. The van der Waals surface area contributed by atoms with Crippen LogP contribution in [-0.4, -0.2) is 32.7 Å². The predicted octanol–water partition coefficient (Wildman–Crippen LogP) is -0.466. The van der Waals surface area contributed by atoms with Gasteiger partial charge >= 0.3 is 18.7 Å². The number of nitrogens with zero attached hydrogens (tertiary/aromatic N) is 2. The maximum atomic E-state index is 12.1. The first-order valence-electron chi connectivity index (χ1n) is 7.25. The molecule has 2 aromatic carbocycles. The molecular weight excluding hydrogens is 419 g/mol. The predicted molar refractivity (Wildman–Crippen MR) is 96.4 cm³/mol. The third kappa shape index (κ3) is 3.34. The van der Waals surface area contributed by atoms with Crippen LogP contribution >= 0.6 is 7.60 Å². The summed E-state index contributed by atoms with van der Waals surface area (Å²) >= 11 is 0. The molecular formula is C13H11N4O9PS. The highest BCUT2D eigenvalue weighted by Gasteiger charge is 2.26. The van der Waals surface area contributed by atoms with E-state index in [-0.39, 0.29) is 16.4 Å². The van der Waals surface area contributed by atoms with Gasteiger partial charge in [-0.25, -0.2) is 13.6 Å². The summed E-state index contributed by atoms with van der Waals surface area (Å²) in [6, 6.07) is 4.23. The normalized spacial score (nSPS) is 12.5. The van der Waals surface area contributed by atoms with Crippen LogP contribution in [0.5, 0.6) is 0 Å². The van der Waals surface area contributed by atoms with Gasteiger partial charge < -0.3 is 14.8 Å². The molecule has 0 bridgehead atoms. The number of benzene rings is 2. The van der Waals surface area contributed by atoms with Gasteiger partial charge in [-0.3, -0.25) is 28.8 Å². The largest absolute Gasteiger partial charge is 0.345 e. The number of hydrogen-bond acceptors (Lipinski definition) is 7. The number of rotatable bonds is 4. The number of non-ortho nitro benzene ring substituents is 1. The summed E-state index contributed by atoms with van der Waals surface area (Å²) in [4.78, 5) is 54.6. The number of aromatic nitrogens is 2. The molecule has 5 N–H and O–H groups in total. The van der Waals surface area contributed by atoms with Crippen LogP contribution in [0.3, 0.4) is 0 Å². The molecule has 0 radical (unpaired) electrons. The number of aromatic amines is 1. The van der Waals surface area contributed by atoms with Gasteiger partial charge in [0.15, 0.2) is 0 Å². The van der Waals surface area contributed by atoms with E-state index in [1.807, 2.05) is 0 Å². The van der Waals surface area contributed by atoms with Crippen LogP contribution in [0.4, 0.5) is 5.69 Å². The fourth-order valence-corrected chi connectivity index (χ4v) is 4.28. The van der Waals surface area contributed by atoms with Crippen LogP contribution < -0.4 is 16.3 Å². The summed E-state index contributed by atoms with van der Waals surface area (Å²) in [5.74, 6) is 0. The Morgan fingerprint density at radius 2 is 1.93 bits per heavy atom. The smallest absolute Gasteiger partial charge is 0.323 e. The second-order valence-corrected chi connectivity index (χ2v) is 8.91. The number of nitrogens with one attached hydrogen (secondary N) is 1. The number of primary sulfonamides is 1. The van der Waals surface area contributed by atoms with E-state index in [9.17, 15) is 42.5 Å². The summed E-state index contributed by atoms with van der Waals surface area (Å²) in [6.45, 7) is 0. The zero-order valence-corrected chi connectivity index (χ0v) is 15.3. The van der Waals surface area contributed by atoms with Crippen molar-refractivity contribution in [1.29, 1.82) is 0 Å². The molecule has 0 aliphatic rings. The lowest BCUT2D eigenvalue weighted by molar-refractivity contribution is -0.383. The molecule has 0 saturated heterocycles. The molecule has 3 rings (SSSR count). The second-order valence-electron chi connectivity index (χ2n) is 5.76. The minimum Gasteiger partial charge on any atom is -0.323 e. The Balaban J connectivity index is 2.68. The first-order chi connectivity index (χ1) is 12.8. The van der Waals surface area contributed by atoms with Gasteiger partial charge in [0.25, 0.3) is 5.69 Å². The molecule has 0 saturated carbocycles. The highest BCUT2D eigenvalue weighted by Crippen LogP contribution is 2.39.